The summed E-state index contributed by atoms with van der Waals surface area (Å²) < 4.78 is 25.9. The van der Waals surface area contributed by atoms with Crippen molar-refractivity contribution in [3.8, 4) is 0 Å². The zero-order valence-electron chi connectivity index (χ0n) is 22.0. The maximum atomic E-state index is 14.9. The van der Waals surface area contributed by atoms with Crippen molar-refractivity contribution in [2.24, 2.45) is 5.92 Å². The molecule has 0 saturated carbocycles. The Kier molecular flexibility index (Phi) is 8.07. The zero-order chi connectivity index (χ0) is 26.7. The number of pyridine rings is 1. The van der Waals surface area contributed by atoms with E-state index in [2.05, 4.69) is 15.5 Å². The molecule has 2 N–H and O–H groups in total. The summed E-state index contributed by atoms with van der Waals surface area (Å²) in [6, 6.07) is 9.24. The van der Waals surface area contributed by atoms with Crippen LogP contribution in [0.2, 0.25) is 0 Å². The van der Waals surface area contributed by atoms with Gasteiger partial charge in [-0.15, -0.1) is 0 Å². The third kappa shape index (κ3) is 6.07. The third-order valence-corrected chi connectivity index (χ3v) is 6.77. The monoisotopic (exact) mass is 507 g/mol. The number of aliphatic hydroxyl groups excluding tert-OH is 1. The number of rotatable bonds is 10. The summed E-state index contributed by atoms with van der Waals surface area (Å²) in [6.07, 6.45) is 1.14. The lowest BCUT2D eigenvalue weighted by molar-refractivity contribution is -0.120. The number of nitrogens with one attached hydrogen (secondary N) is 1. The van der Waals surface area contributed by atoms with Gasteiger partial charge in [0.2, 0.25) is 5.91 Å². The Bertz CT molecular complexity index is 1370. The number of carbonyl (C=O) groups excluding carboxylic acids is 1. The molecule has 1 amide bonds. The number of alkyl halides is 1. The largest absolute Gasteiger partial charge is 0.458 e. The van der Waals surface area contributed by atoms with Crippen LogP contribution in [0.3, 0.4) is 0 Å². The number of aliphatic hydroxyl groups is 1. The molecule has 0 fully saturated rings. The van der Waals surface area contributed by atoms with Crippen molar-refractivity contribution in [2.75, 3.05) is 6.54 Å². The maximum Gasteiger partial charge on any atom is 0.224 e. The lowest BCUT2D eigenvalue weighted by atomic mass is 9.95. The first-order valence-electron chi connectivity index (χ1n) is 12.6. The van der Waals surface area contributed by atoms with Crippen LogP contribution in [-0.2, 0) is 11.2 Å². The first-order chi connectivity index (χ1) is 17.6. The summed E-state index contributed by atoms with van der Waals surface area (Å²) in [6.45, 7) is 9.71. The van der Waals surface area contributed by atoms with Crippen LogP contribution in [0, 0.1) is 33.6 Å². The van der Waals surface area contributed by atoms with Crippen molar-refractivity contribution >= 4 is 16.9 Å². The van der Waals surface area contributed by atoms with Crippen molar-refractivity contribution in [2.45, 2.75) is 66.2 Å². The molecular formula is C29H34FN3O4. The number of furan rings is 1. The summed E-state index contributed by atoms with van der Waals surface area (Å²) >= 11 is 0. The van der Waals surface area contributed by atoms with Crippen LogP contribution in [0.25, 0.3) is 11.0 Å². The van der Waals surface area contributed by atoms with E-state index in [-0.39, 0.29) is 18.2 Å². The van der Waals surface area contributed by atoms with E-state index in [1.54, 1.807) is 32.2 Å². The number of fused-ring (bicyclic) bond motifs is 1. The fraction of sp³-hybridized carbons (Fsp3) is 0.414. The Labute approximate surface area is 216 Å². The second-order valence-corrected chi connectivity index (χ2v) is 9.92. The molecule has 0 radical (unpaired) electrons. The fourth-order valence-corrected chi connectivity index (χ4v) is 4.71. The van der Waals surface area contributed by atoms with Crippen LogP contribution >= 0.6 is 0 Å². The number of hydrogen-bond donors (Lipinski definition) is 2. The van der Waals surface area contributed by atoms with Gasteiger partial charge in [0.15, 0.2) is 0 Å². The minimum absolute atomic E-state index is 0.0979. The van der Waals surface area contributed by atoms with Crippen LogP contribution in [0.5, 0.6) is 0 Å². The average molecular weight is 508 g/mol. The molecule has 0 aliphatic heterocycles. The van der Waals surface area contributed by atoms with E-state index in [0.717, 1.165) is 22.1 Å². The number of halogens is 1. The number of carbonyl (C=O) groups is 1. The van der Waals surface area contributed by atoms with Gasteiger partial charge in [-0.2, -0.15) is 0 Å². The van der Waals surface area contributed by atoms with Crippen molar-refractivity contribution in [3.63, 3.8) is 0 Å². The van der Waals surface area contributed by atoms with Gasteiger partial charge in [-0.1, -0.05) is 24.2 Å². The summed E-state index contributed by atoms with van der Waals surface area (Å²) in [5.74, 6) is 0.645. The van der Waals surface area contributed by atoms with Crippen LogP contribution in [-0.4, -0.2) is 27.7 Å². The van der Waals surface area contributed by atoms with Gasteiger partial charge in [0, 0.05) is 18.1 Å². The molecule has 4 aromatic rings. The van der Waals surface area contributed by atoms with Gasteiger partial charge < -0.3 is 19.4 Å². The smallest absolute Gasteiger partial charge is 0.224 e. The highest BCUT2D eigenvalue weighted by Gasteiger charge is 2.24. The molecule has 37 heavy (non-hydrogen) atoms. The number of nitrogens with zero attached hydrogens (tertiary/aromatic N) is 2. The molecule has 3 unspecified atom stereocenters. The van der Waals surface area contributed by atoms with Gasteiger partial charge in [0.25, 0.3) is 0 Å². The Balaban J connectivity index is 1.28. The minimum atomic E-state index is -1.13. The standard InChI is InChI=1S/C29H34FN3O4/c1-16-11-18(3)28(32-15-16)27(30)17(2)7-6-10-31-25(34)13-21-8-9-23-22(12-21)14-24(36-23)29(35)26-19(4)33-37-20(26)5/h8-9,11-12,14-15,17,27,29,35H,6-7,10,13H2,1-5H3,(H,31,34). The highest BCUT2D eigenvalue weighted by molar-refractivity contribution is 5.83. The van der Waals surface area contributed by atoms with E-state index in [1.807, 2.05) is 39.0 Å². The van der Waals surface area contributed by atoms with Gasteiger partial charge in [0.1, 0.15) is 29.4 Å². The van der Waals surface area contributed by atoms with E-state index in [4.69, 9.17) is 8.94 Å². The predicted molar refractivity (Wildman–Crippen MR) is 139 cm³/mol. The molecule has 0 aliphatic carbocycles. The van der Waals surface area contributed by atoms with Gasteiger partial charge >= 0.3 is 0 Å². The lowest BCUT2D eigenvalue weighted by Gasteiger charge is -2.18. The number of aryl methyl sites for hydroxylation is 4. The number of hydrogen-bond acceptors (Lipinski definition) is 6. The molecule has 3 aromatic heterocycles. The van der Waals surface area contributed by atoms with Crippen LogP contribution < -0.4 is 5.32 Å². The number of aromatic nitrogens is 2. The molecular weight excluding hydrogens is 473 g/mol. The highest BCUT2D eigenvalue weighted by atomic mass is 19.1. The molecule has 0 bridgehead atoms. The molecule has 3 heterocycles. The number of benzene rings is 1. The summed E-state index contributed by atoms with van der Waals surface area (Å²) in [5, 5.41) is 18.4. The topological polar surface area (TPSA) is 101 Å². The Hall–Kier alpha value is -3.52. The Morgan fingerprint density at radius 3 is 2.65 bits per heavy atom. The minimum Gasteiger partial charge on any atom is -0.458 e. The van der Waals surface area contributed by atoms with Crippen LogP contribution in [0.4, 0.5) is 4.39 Å². The lowest BCUT2D eigenvalue weighted by Crippen LogP contribution is -2.26. The predicted octanol–water partition coefficient (Wildman–Crippen LogP) is 5.92. The maximum absolute atomic E-state index is 14.9. The number of amides is 1. The third-order valence-electron chi connectivity index (χ3n) is 6.77. The molecule has 0 saturated heterocycles. The quantitative estimate of drug-likeness (QED) is 0.259. The SMILES string of the molecule is Cc1cnc(C(F)C(C)CCCNC(=O)Cc2ccc3oc(C(O)c4c(C)noc4C)cc3c2)c(C)c1. The molecule has 4 rings (SSSR count). The Morgan fingerprint density at radius 1 is 1.16 bits per heavy atom. The molecule has 196 valence electrons. The zero-order valence-corrected chi connectivity index (χ0v) is 22.0. The van der Waals surface area contributed by atoms with Crippen molar-refractivity contribution < 1.29 is 23.2 Å². The molecule has 8 heteroatoms. The van der Waals surface area contributed by atoms with Gasteiger partial charge in [0.05, 0.1) is 23.4 Å². The van der Waals surface area contributed by atoms with Gasteiger partial charge in [-0.25, -0.2) is 4.39 Å². The van der Waals surface area contributed by atoms with E-state index < -0.39 is 12.3 Å². The average Bonchev–Trinajstić information content (AvgIpc) is 3.43. The summed E-state index contributed by atoms with van der Waals surface area (Å²) in [4.78, 5) is 16.8. The van der Waals surface area contributed by atoms with E-state index in [0.29, 0.717) is 53.4 Å². The molecule has 7 nitrogen and oxygen atoms in total. The molecule has 3 atom stereocenters. The van der Waals surface area contributed by atoms with Crippen LogP contribution in [0.1, 0.15) is 77.2 Å². The van der Waals surface area contributed by atoms with E-state index in [1.165, 1.54) is 0 Å². The first kappa shape index (κ1) is 26.5. The van der Waals surface area contributed by atoms with Crippen molar-refractivity contribution in [3.05, 3.63) is 81.7 Å². The highest BCUT2D eigenvalue weighted by Crippen LogP contribution is 2.32. The first-order valence-corrected chi connectivity index (χ1v) is 12.6. The molecule has 1 aromatic carbocycles. The fourth-order valence-electron chi connectivity index (χ4n) is 4.71. The summed E-state index contributed by atoms with van der Waals surface area (Å²) in [7, 11) is 0. The second-order valence-electron chi connectivity index (χ2n) is 9.92. The summed E-state index contributed by atoms with van der Waals surface area (Å²) in [5.41, 5.74) is 5.05. The second kappa shape index (κ2) is 11.3. The molecule has 0 spiro atoms. The van der Waals surface area contributed by atoms with E-state index >= 15 is 0 Å². The van der Waals surface area contributed by atoms with Gasteiger partial charge in [-0.05, 0) is 81.3 Å². The Morgan fingerprint density at radius 2 is 1.95 bits per heavy atom. The van der Waals surface area contributed by atoms with Crippen molar-refractivity contribution in [1.29, 1.82) is 0 Å². The molecule has 0 aliphatic rings. The van der Waals surface area contributed by atoms with Crippen LogP contribution in [0.15, 0.2) is 45.5 Å². The van der Waals surface area contributed by atoms with Gasteiger partial charge in [-0.3, -0.25) is 9.78 Å². The van der Waals surface area contributed by atoms with Crippen molar-refractivity contribution in [1.82, 2.24) is 15.5 Å². The normalized spacial score (nSPS) is 14.0. The van der Waals surface area contributed by atoms with E-state index in [9.17, 15) is 14.3 Å².